The number of rotatable bonds is 2. The summed E-state index contributed by atoms with van der Waals surface area (Å²) in [6.07, 6.45) is 0. The Morgan fingerprint density at radius 2 is 1.58 bits per heavy atom. The van der Waals surface area contributed by atoms with Crippen LogP contribution in [-0.4, -0.2) is 21.0 Å². The van der Waals surface area contributed by atoms with Crippen molar-refractivity contribution >= 4 is 16.9 Å². The molecule has 0 radical (unpaired) electrons. The minimum absolute atomic E-state index is 0.0319. The van der Waals surface area contributed by atoms with Crippen molar-refractivity contribution < 1.29 is 9.90 Å². The molecule has 3 rings (SSSR count). The van der Waals surface area contributed by atoms with Gasteiger partial charge in [-0.3, -0.25) is 0 Å². The lowest BCUT2D eigenvalue weighted by Gasteiger charge is -2.05. The highest BCUT2D eigenvalue weighted by Gasteiger charge is 2.14. The van der Waals surface area contributed by atoms with E-state index in [0.717, 1.165) is 5.56 Å². The molecule has 1 heterocycles. The highest BCUT2D eigenvalue weighted by molar-refractivity contribution is 6.01. The van der Waals surface area contributed by atoms with Crippen molar-refractivity contribution in [3.05, 3.63) is 60.3 Å². The first-order valence-corrected chi connectivity index (χ1v) is 5.81. The molecule has 0 aliphatic heterocycles. The van der Waals surface area contributed by atoms with E-state index < -0.39 is 5.97 Å². The van der Waals surface area contributed by atoms with Crippen LogP contribution in [-0.2, 0) is 0 Å². The summed E-state index contributed by atoms with van der Waals surface area (Å²) in [7, 11) is 0. The Labute approximate surface area is 109 Å². The molecule has 4 nitrogen and oxygen atoms in total. The van der Waals surface area contributed by atoms with Gasteiger partial charge in [-0.25, -0.2) is 14.8 Å². The van der Waals surface area contributed by atoms with Gasteiger partial charge in [-0.05, 0) is 6.07 Å². The normalized spacial score (nSPS) is 10.5. The van der Waals surface area contributed by atoms with Crippen molar-refractivity contribution in [3.63, 3.8) is 0 Å². The number of benzene rings is 2. The van der Waals surface area contributed by atoms with Crippen LogP contribution in [0.3, 0.4) is 0 Å². The van der Waals surface area contributed by atoms with Crippen molar-refractivity contribution in [3.8, 4) is 11.4 Å². The molecular weight excluding hydrogens is 240 g/mol. The van der Waals surface area contributed by atoms with Crippen molar-refractivity contribution in [1.29, 1.82) is 0 Å². The number of carboxylic acid groups (broad SMARTS) is 1. The minimum atomic E-state index is -1.05. The fraction of sp³-hybridized carbons (Fsp3) is 0. The molecule has 0 amide bonds. The van der Waals surface area contributed by atoms with Gasteiger partial charge in [0, 0.05) is 10.9 Å². The van der Waals surface area contributed by atoms with E-state index in [2.05, 4.69) is 9.97 Å². The molecule has 0 aliphatic carbocycles. The van der Waals surface area contributed by atoms with E-state index >= 15 is 0 Å². The lowest BCUT2D eigenvalue weighted by Crippen LogP contribution is -2.04. The molecule has 3 aromatic rings. The molecule has 1 aromatic heterocycles. The first-order chi connectivity index (χ1) is 9.25. The summed E-state index contributed by atoms with van der Waals surface area (Å²) in [6.45, 7) is 0. The van der Waals surface area contributed by atoms with Crippen molar-refractivity contribution in [2.45, 2.75) is 0 Å². The minimum Gasteiger partial charge on any atom is -0.476 e. The van der Waals surface area contributed by atoms with Crippen LogP contribution in [0.5, 0.6) is 0 Å². The number of aromatic nitrogens is 2. The van der Waals surface area contributed by atoms with E-state index in [1.54, 1.807) is 18.2 Å². The smallest absolute Gasteiger partial charge is 0.355 e. The molecule has 0 saturated carbocycles. The van der Waals surface area contributed by atoms with E-state index in [9.17, 15) is 9.90 Å². The van der Waals surface area contributed by atoms with Gasteiger partial charge in [-0.1, -0.05) is 48.5 Å². The Morgan fingerprint density at radius 3 is 2.32 bits per heavy atom. The second-order valence-corrected chi connectivity index (χ2v) is 4.08. The summed E-state index contributed by atoms with van der Waals surface area (Å²) >= 11 is 0. The highest BCUT2D eigenvalue weighted by Crippen LogP contribution is 2.21. The maximum absolute atomic E-state index is 11.3. The number of hydrogen-bond acceptors (Lipinski definition) is 3. The van der Waals surface area contributed by atoms with Crippen molar-refractivity contribution in [2.24, 2.45) is 0 Å². The zero-order chi connectivity index (χ0) is 13.2. The molecule has 1 N–H and O–H groups in total. The standard InChI is InChI=1S/C15H10N2O2/c18-15(19)13-11-8-4-5-9-12(11)16-14(17-13)10-6-2-1-3-7-10/h1-9H,(H,18,19). The average Bonchev–Trinajstić information content (AvgIpc) is 2.47. The van der Waals surface area contributed by atoms with Gasteiger partial charge in [0.05, 0.1) is 5.52 Å². The molecule has 0 aliphatic rings. The summed E-state index contributed by atoms with van der Waals surface area (Å²) in [5, 5.41) is 9.81. The van der Waals surface area contributed by atoms with E-state index in [1.165, 1.54) is 0 Å². The monoisotopic (exact) mass is 250 g/mol. The average molecular weight is 250 g/mol. The summed E-state index contributed by atoms with van der Waals surface area (Å²) in [6, 6.07) is 16.5. The molecule has 4 heteroatoms. The number of hydrogen-bond donors (Lipinski definition) is 1. The zero-order valence-electron chi connectivity index (χ0n) is 9.95. The Bertz CT molecular complexity index is 754. The summed E-state index contributed by atoms with van der Waals surface area (Å²) in [5.41, 5.74) is 1.47. The Balaban J connectivity index is 2.31. The summed E-state index contributed by atoms with van der Waals surface area (Å²) in [4.78, 5) is 19.9. The molecule has 0 fully saturated rings. The van der Waals surface area contributed by atoms with Crippen LogP contribution in [0.25, 0.3) is 22.3 Å². The quantitative estimate of drug-likeness (QED) is 0.759. The largest absolute Gasteiger partial charge is 0.476 e. The maximum Gasteiger partial charge on any atom is 0.355 e. The van der Waals surface area contributed by atoms with Gasteiger partial charge >= 0.3 is 5.97 Å². The Kier molecular flexibility index (Phi) is 2.68. The van der Waals surface area contributed by atoms with Gasteiger partial charge in [-0.15, -0.1) is 0 Å². The topological polar surface area (TPSA) is 63.1 Å². The molecule has 19 heavy (non-hydrogen) atoms. The Hall–Kier alpha value is -2.75. The van der Waals surface area contributed by atoms with E-state index in [-0.39, 0.29) is 5.69 Å². The SMILES string of the molecule is O=C(O)c1nc(-c2ccccc2)nc2ccccc12. The predicted molar refractivity (Wildman–Crippen MR) is 71.9 cm³/mol. The van der Waals surface area contributed by atoms with Gasteiger partial charge in [-0.2, -0.15) is 0 Å². The molecule has 92 valence electrons. The van der Waals surface area contributed by atoms with E-state index in [4.69, 9.17) is 0 Å². The third-order valence-corrected chi connectivity index (χ3v) is 2.84. The van der Waals surface area contributed by atoms with Crippen LogP contribution in [0.2, 0.25) is 0 Å². The molecule has 0 bridgehead atoms. The summed E-state index contributed by atoms with van der Waals surface area (Å²) in [5.74, 6) is -0.618. The van der Waals surface area contributed by atoms with Gasteiger partial charge in [0.15, 0.2) is 11.5 Å². The van der Waals surface area contributed by atoms with Crippen LogP contribution in [0, 0.1) is 0 Å². The molecule has 0 saturated heterocycles. The lowest BCUT2D eigenvalue weighted by molar-refractivity contribution is 0.0693. The number of fused-ring (bicyclic) bond motifs is 1. The van der Waals surface area contributed by atoms with Gasteiger partial charge < -0.3 is 5.11 Å². The third-order valence-electron chi connectivity index (χ3n) is 2.84. The van der Waals surface area contributed by atoms with Crippen LogP contribution in [0.4, 0.5) is 0 Å². The highest BCUT2D eigenvalue weighted by atomic mass is 16.4. The molecule has 0 spiro atoms. The first-order valence-electron chi connectivity index (χ1n) is 5.81. The van der Waals surface area contributed by atoms with Crippen LogP contribution in [0.1, 0.15) is 10.5 Å². The van der Waals surface area contributed by atoms with Crippen LogP contribution in [0.15, 0.2) is 54.6 Å². The third kappa shape index (κ3) is 2.04. The van der Waals surface area contributed by atoms with Gasteiger partial charge in [0.25, 0.3) is 0 Å². The van der Waals surface area contributed by atoms with Crippen molar-refractivity contribution in [2.75, 3.05) is 0 Å². The number of carbonyl (C=O) groups is 1. The van der Waals surface area contributed by atoms with Gasteiger partial charge in [0.2, 0.25) is 0 Å². The predicted octanol–water partition coefficient (Wildman–Crippen LogP) is 3.00. The number of para-hydroxylation sites is 1. The molecular formula is C15H10N2O2. The van der Waals surface area contributed by atoms with Crippen LogP contribution >= 0.6 is 0 Å². The van der Waals surface area contributed by atoms with Gasteiger partial charge in [0.1, 0.15) is 0 Å². The van der Waals surface area contributed by atoms with Crippen molar-refractivity contribution in [1.82, 2.24) is 9.97 Å². The number of aromatic carboxylic acids is 1. The van der Waals surface area contributed by atoms with E-state index in [0.29, 0.717) is 16.7 Å². The number of carboxylic acids is 1. The first kappa shape index (κ1) is 11.3. The summed E-state index contributed by atoms with van der Waals surface area (Å²) < 4.78 is 0. The lowest BCUT2D eigenvalue weighted by atomic mass is 10.1. The Morgan fingerprint density at radius 1 is 0.895 bits per heavy atom. The van der Waals surface area contributed by atoms with Crippen LogP contribution < -0.4 is 0 Å². The fourth-order valence-electron chi connectivity index (χ4n) is 1.96. The fourth-order valence-corrected chi connectivity index (χ4v) is 1.96. The van der Waals surface area contributed by atoms with E-state index in [1.807, 2.05) is 36.4 Å². The zero-order valence-corrected chi connectivity index (χ0v) is 9.95. The molecule has 0 unspecified atom stereocenters. The molecule has 0 atom stereocenters. The maximum atomic E-state index is 11.3. The second-order valence-electron chi connectivity index (χ2n) is 4.08. The second kappa shape index (κ2) is 4.49. The number of nitrogens with zero attached hydrogens (tertiary/aromatic N) is 2. The molecule has 2 aromatic carbocycles.